The minimum absolute atomic E-state index is 0.152. The molecule has 0 radical (unpaired) electrons. The van der Waals surface area contributed by atoms with E-state index in [1.165, 1.54) is 0 Å². The monoisotopic (exact) mass is 271 g/mol. The van der Waals surface area contributed by atoms with Gasteiger partial charge in [-0.15, -0.1) is 0 Å². The normalized spacial score (nSPS) is 11.2. The van der Waals surface area contributed by atoms with E-state index in [0.717, 1.165) is 10.8 Å². The molecular weight excluding hydrogens is 254 g/mol. The Hall–Kier alpha value is -0.680. The Morgan fingerprint density at radius 1 is 1.41 bits per heavy atom. The molecule has 1 heterocycles. The lowest BCUT2D eigenvalue weighted by Gasteiger charge is -2.16. The van der Waals surface area contributed by atoms with Crippen LogP contribution in [0.4, 0.5) is 0 Å². The van der Waals surface area contributed by atoms with Gasteiger partial charge < -0.3 is 4.74 Å². The fraction of sp³-hybridized carbons (Fsp3) is 0.500. The van der Waals surface area contributed by atoms with Crippen molar-refractivity contribution in [2.45, 2.75) is 25.8 Å². The van der Waals surface area contributed by atoms with Crippen molar-refractivity contribution in [3.63, 3.8) is 0 Å². The van der Waals surface area contributed by atoms with Gasteiger partial charge in [-0.2, -0.15) is 0 Å². The highest BCUT2D eigenvalue weighted by atomic mass is 33.1. The van der Waals surface area contributed by atoms with E-state index in [-0.39, 0.29) is 5.97 Å². The predicted molar refractivity (Wildman–Crippen MR) is 73.0 cm³/mol. The van der Waals surface area contributed by atoms with Crippen molar-refractivity contribution in [2.75, 3.05) is 12.4 Å². The van der Waals surface area contributed by atoms with Gasteiger partial charge in [-0.25, -0.2) is 4.98 Å². The number of nitrogens with zero attached hydrogens (tertiary/aromatic N) is 1. The maximum atomic E-state index is 11.4. The SMILES string of the molecule is CC(C)(C)C(=O)OCCSSc1ccccn1. The maximum absolute atomic E-state index is 11.4. The van der Waals surface area contributed by atoms with Crippen molar-refractivity contribution in [2.24, 2.45) is 5.41 Å². The van der Waals surface area contributed by atoms with Gasteiger partial charge >= 0.3 is 5.97 Å². The molecule has 0 saturated carbocycles. The number of pyridine rings is 1. The van der Waals surface area contributed by atoms with Crippen LogP contribution >= 0.6 is 21.6 Å². The number of rotatable bonds is 5. The summed E-state index contributed by atoms with van der Waals surface area (Å²) in [7, 11) is 3.23. The number of hydrogen-bond acceptors (Lipinski definition) is 5. The van der Waals surface area contributed by atoms with E-state index in [4.69, 9.17) is 4.74 Å². The minimum Gasteiger partial charge on any atom is -0.464 e. The number of hydrogen-bond donors (Lipinski definition) is 0. The highest BCUT2D eigenvalue weighted by Crippen LogP contribution is 2.28. The van der Waals surface area contributed by atoms with Crippen molar-refractivity contribution in [3.8, 4) is 0 Å². The first kappa shape index (κ1) is 14.4. The first-order valence-corrected chi connectivity index (χ1v) is 7.70. The number of aromatic nitrogens is 1. The third-order valence-corrected chi connectivity index (χ3v) is 4.02. The first-order valence-electron chi connectivity index (χ1n) is 5.38. The standard InChI is InChI=1S/C12H17NO2S2/c1-12(2,3)11(14)15-8-9-16-17-10-6-4-5-7-13-10/h4-7H,8-9H2,1-3H3. The molecule has 0 aliphatic carbocycles. The molecule has 0 fully saturated rings. The average Bonchev–Trinajstić information content (AvgIpc) is 2.28. The zero-order valence-corrected chi connectivity index (χ0v) is 11.9. The summed E-state index contributed by atoms with van der Waals surface area (Å²) in [4.78, 5) is 15.6. The van der Waals surface area contributed by atoms with Crippen LogP contribution in [-0.2, 0) is 9.53 Å². The zero-order valence-electron chi connectivity index (χ0n) is 10.3. The second kappa shape index (κ2) is 6.91. The van der Waals surface area contributed by atoms with Crippen molar-refractivity contribution in [1.82, 2.24) is 4.98 Å². The number of carbonyl (C=O) groups excluding carboxylic acids is 1. The van der Waals surface area contributed by atoms with E-state index in [9.17, 15) is 4.79 Å². The summed E-state index contributed by atoms with van der Waals surface area (Å²) in [6.07, 6.45) is 1.77. The molecule has 1 rings (SSSR count). The molecule has 17 heavy (non-hydrogen) atoms. The third-order valence-electron chi connectivity index (χ3n) is 1.79. The largest absolute Gasteiger partial charge is 0.464 e. The molecule has 0 aliphatic rings. The lowest BCUT2D eigenvalue weighted by atomic mass is 9.97. The second-order valence-electron chi connectivity index (χ2n) is 4.46. The van der Waals surface area contributed by atoms with Gasteiger partial charge in [0.1, 0.15) is 11.6 Å². The van der Waals surface area contributed by atoms with E-state index in [0.29, 0.717) is 6.61 Å². The van der Waals surface area contributed by atoms with Gasteiger partial charge in [0.15, 0.2) is 0 Å². The number of esters is 1. The van der Waals surface area contributed by atoms with Gasteiger partial charge in [0.05, 0.1) is 5.41 Å². The Bertz CT molecular complexity index is 349. The van der Waals surface area contributed by atoms with Crippen LogP contribution in [0.3, 0.4) is 0 Å². The van der Waals surface area contributed by atoms with Crippen LogP contribution in [-0.4, -0.2) is 23.3 Å². The Balaban J connectivity index is 2.12. The third kappa shape index (κ3) is 5.98. The molecule has 0 atom stereocenters. The summed E-state index contributed by atoms with van der Waals surface area (Å²) >= 11 is 0. The van der Waals surface area contributed by atoms with E-state index in [2.05, 4.69) is 4.98 Å². The molecule has 0 N–H and O–H groups in total. The average molecular weight is 271 g/mol. The van der Waals surface area contributed by atoms with Crippen LogP contribution in [0.2, 0.25) is 0 Å². The van der Waals surface area contributed by atoms with Crippen LogP contribution in [0.1, 0.15) is 20.8 Å². The van der Waals surface area contributed by atoms with Crippen molar-refractivity contribution in [3.05, 3.63) is 24.4 Å². The fourth-order valence-electron chi connectivity index (χ4n) is 0.883. The zero-order chi connectivity index (χ0) is 12.7. The summed E-state index contributed by atoms with van der Waals surface area (Å²) in [5, 5.41) is 0.972. The minimum atomic E-state index is -0.418. The van der Waals surface area contributed by atoms with E-state index in [1.54, 1.807) is 27.8 Å². The van der Waals surface area contributed by atoms with Crippen molar-refractivity contribution < 1.29 is 9.53 Å². The second-order valence-corrected chi connectivity index (χ2v) is 6.90. The van der Waals surface area contributed by atoms with Gasteiger partial charge in [0, 0.05) is 11.9 Å². The molecule has 0 bridgehead atoms. The molecule has 1 aromatic rings. The Labute approximate surface area is 110 Å². The molecule has 0 aliphatic heterocycles. The Morgan fingerprint density at radius 2 is 2.18 bits per heavy atom. The summed E-state index contributed by atoms with van der Waals surface area (Å²) in [5.74, 6) is 0.615. The van der Waals surface area contributed by atoms with Gasteiger partial charge in [0.25, 0.3) is 0 Å². The van der Waals surface area contributed by atoms with Crippen LogP contribution in [0.15, 0.2) is 29.4 Å². The molecule has 0 unspecified atom stereocenters. The van der Waals surface area contributed by atoms with Gasteiger partial charge in [0.2, 0.25) is 0 Å². The van der Waals surface area contributed by atoms with Crippen LogP contribution in [0, 0.1) is 5.41 Å². The molecule has 3 nitrogen and oxygen atoms in total. The molecule has 0 amide bonds. The van der Waals surface area contributed by atoms with Crippen molar-refractivity contribution in [1.29, 1.82) is 0 Å². The quantitative estimate of drug-likeness (QED) is 0.466. The van der Waals surface area contributed by atoms with Gasteiger partial charge in [-0.05, 0) is 43.7 Å². The number of carbonyl (C=O) groups is 1. The molecular formula is C12H17NO2S2. The van der Waals surface area contributed by atoms with E-state index in [1.807, 2.05) is 39.0 Å². The molecule has 94 valence electrons. The van der Waals surface area contributed by atoms with Crippen LogP contribution in [0.25, 0.3) is 0 Å². The smallest absolute Gasteiger partial charge is 0.311 e. The molecule has 0 saturated heterocycles. The lowest BCUT2D eigenvalue weighted by molar-refractivity contribution is -0.152. The topological polar surface area (TPSA) is 39.2 Å². The van der Waals surface area contributed by atoms with Crippen LogP contribution in [0.5, 0.6) is 0 Å². The summed E-state index contributed by atoms with van der Waals surface area (Å²) in [6, 6.07) is 5.80. The highest BCUT2D eigenvalue weighted by molar-refractivity contribution is 8.76. The Morgan fingerprint density at radius 3 is 2.76 bits per heavy atom. The molecule has 0 spiro atoms. The molecule has 5 heteroatoms. The summed E-state index contributed by atoms with van der Waals surface area (Å²) < 4.78 is 5.15. The predicted octanol–water partition coefficient (Wildman–Crippen LogP) is 3.41. The Kier molecular flexibility index (Phi) is 5.85. The first-order chi connectivity index (χ1) is 8.00. The highest BCUT2D eigenvalue weighted by Gasteiger charge is 2.22. The molecule has 0 aromatic carbocycles. The summed E-state index contributed by atoms with van der Waals surface area (Å²) in [5.41, 5.74) is -0.418. The molecule has 1 aromatic heterocycles. The van der Waals surface area contributed by atoms with Crippen molar-refractivity contribution >= 4 is 27.6 Å². The van der Waals surface area contributed by atoms with Gasteiger partial charge in [-0.3, -0.25) is 4.79 Å². The van der Waals surface area contributed by atoms with E-state index < -0.39 is 5.41 Å². The maximum Gasteiger partial charge on any atom is 0.311 e. The van der Waals surface area contributed by atoms with E-state index >= 15 is 0 Å². The van der Waals surface area contributed by atoms with Gasteiger partial charge in [-0.1, -0.05) is 16.9 Å². The summed E-state index contributed by atoms with van der Waals surface area (Å²) in [6.45, 7) is 6.00. The lowest BCUT2D eigenvalue weighted by Crippen LogP contribution is -2.23. The fourth-order valence-corrected chi connectivity index (χ4v) is 2.59. The van der Waals surface area contributed by atoms with Crippen LogP contribution < -0.4 is 0 Å². The number of ether oxygens (including phenoxy) is 1.